The van der Waals surface area contributed by atoms with Gasteiger partial charge in [0.2, 0.25) is 0 Å². The average Bonchev–Trinajstić information content (AvgIpc) is 1.35. The van der Waals surface area contributed by atoms with E-state index in [1.807, 2.05) is 0 Å². The van der Waals surface area contributed by atoms with Crippen molar-refractivity contribution < 1.29 is 17.7 Å². The second kappa shape index (κ2) is 6.59. The Balaban J connectivity index is -0.000000125. The van der Waals surface area contributed by atoms with Crippen molar-refractivity contribution in [2.75, 3.05) is 5.75 Å². The zero-order chi connectivity index (χ0) is 5.21. The monoisotopic (exact) mass is 169 g/mol. The maximum absolute atomic E-state index is 9.56. The average molecular weight is 169 g/mol. The van der Waals surface area contributed by atoms with Gasteiger partial charge in [-0.15, -0.1) is 0 Å². The van der Waals surface area contributed by atoms with E-state index in [0.29, 0.717) is 0 Å². The van der Waals surface area contributed by atoms with E-state index in [1.165, 1.54) is 6.92 Å². The Bertz CT molecular complexity index is 119. The van der Waals surface area contributed by atoms with Crippen molar-refractivity contribution >= 4 is 61.5 Å². The maximum Gasteiger partial charge on any atom is 0.264 e. The van der Waals surface area contributed by atoms with Crippen molar-refractivity contribution in [2.24, 2.45) is 0 Å². The molecule has 0 aliphatic heterocycles. The van der Waals surface area contributed by atoms with Crippen LogP contribution in [0.15, 0.2) is 0 Å². The van der Waals surface area contributed by atoms with Gasteiger partial charge in [0.05, 0.1) is 5.75 Å². The molecule has 6 heteroatoms. The van der Waals surface area contributed by atoms with Gasteiger partial charge in [-0.25, -0.2) is 0 Å². The Hall–Kier alpha value is 1.48. The van der Waals surface area contributed by atoms with Gasteiger partial charge < -0.3 is 0 Å². The normalized spacial score (nSPS) is 8.75. The molecule has 8 heavy (non-hydrogen) atoms. The van der Waals surface area contributed by atoms with Crippen molar-refractivity contribution in [3.8, 4) is 0 Å². The van der Waals surface area contributed by atoms with E-state index in [2.05, 4.69) is 0 Å². The molecule has 0 aliphatic carbocycles. The van der Waals surface area contributed by atoms with E-state index in [-0.39, 0.29) is 61.8 Å². The van der Waals surface area contributed by atoms with Crippen LogP contribution < -0.4 is 0 Å². The Morgan fingerprint density at radius 3 is 1.62 bits per heavy atom. The fourth-order valence-corrected chi connectivity index (χ4v) is 0. The Morgan fingerprint density at radius 1 is 1.50 bits per heavy atom. The van der Waals surface area contributed by atoms with Crippen LogP contribution in [-0.4, -0.2) is 70.1 Å². The molecule has 0 amide bonds. The van der Waals surface area contributed by atoms with Gasteiger partial charge in [-0.3, -0.25) is 9.26 Å². The summed E-state index contributed by atoms with van der Waals surface area (Å²) in [6.45, 7) is 1.37. The van der Waals surface area contributed by atoms with Crippen LogP contribution in [0.5, 0.6) is 0 Å². The van der Waals surface area contributed by atoms with Crippen LogP contribution in [0.3, 0.4) is 0 Å². The molecular weight excluding hydrogens is 162 g/mol. The van der Waals surface area contributed by atoms with Crippen molar-refractivity contribution in [1.29, 1.82) is 0 Å². The number of hydrogen-bond donors (Lipinski definition) is 1. The third kappa shape index (κ3) is 15.6. The minimum atomic E-state index is -3.66. The standard InChI is InChI=1S/C2H6O3S.FH.K/c1-2-6(3,4)5;;/h2H2,1H3,(H,3,4,5);1H;. The van der Waals surface area contributed by atoms with E-state index in [0.717, 1.165) is 0 Å². The van der Waals surface area contributed by atoms with Gasteiger partial charge in [0.15, 0.2) is 0 Å². The molecule has 47 valence electrons. The largest absolute Gasteiger partial charge is 0.286 e. The molecule has 0 aromatic heterocycles. The van der Waals surface area contributed by atoms with E-state index in [1.54, 1.807) is 0 Å². The van der Waals surface area contributed by atoms with Crippen molar-refractivity contribution in [3.05, 3.63) is 0 Å². The van der Waals surface area contributed by atoms with Crippen LogP contribution in [0.2, 0.25) is 0 Å². The second-order valence-electron chi connectivity index (χ2n) is 0.871. The first-order valence-corrected chi connectivity index (χ1v) is 3.12. The molecule has 0 atom stereocenters. The third-order valence-electron chi connectivity index (χ3n) is 0.365. The summed E-state index contributed by atoms with van der Waals surface area (Å²) in [4.78, 5) is 0. The molecule has 0 spiro atoms. The van der Waals surface area contributed by atoms with Crippen LogP contribution in [0.1, 0.15) is 6.92 Å². The molecule has 1 radical (unpaired) electrons. The summed E-state index contributed by atoms with van der Waals surface area (Å²) >= 11 is 0. The third-order valence-corrected chi connectivity index (χ3v) is 1.09. The molecule has 3 nitrogen and oxygen atoms in total. The molecule has 0 heterocycles. The summed E-state index contributed by atoms with van der Waals surface area (Å²) < 4.78 is 26.9. The summed E-state index contributed by atoms with van der Waals surface area (Å²) in [5.41, 5.74) is 0. The summed E-state index contributed by atoms with van der Waals surface area (Å²) in [6.07, 6.45) is 0. The van der Waals surface area contributed by atoms with Crippen LogP contribution in [0, 0.1) is 0 Å². The maximum atomic E-state index is 9.56. The molecular formula is C2H7FKO3S. The Kier molecular flexibility index (Phi) is 13.4. The summed E-state index contributed by atoms with van der Waals surface area (Å²) in [5, 5.41) is 0. The minimum Gasteiger partial charge on any atom is -0.286 e. The van der Waals surface area contributed by atoms with Crippen LogP contribution in [0.25, 0.3) is 0 Å². The van der Waals surface area contributed by atoms with Gasteiger partial charge in [0, 0.05) is 51.4 Å². The van der Waals surface area contributed by atoms with E-state index in [4.69, 9.17) is 4.55 Å². The summed E-state index contributed by atoms with van der Waals surface area (Å²) in [7, 11) is -3.66. The first-order chi connectivity index (χ1) is 2.56. The SMILES string of the molecule is CCS(=O)(=O)O.F.[K]. The van der Waals surface area contributed by atoms with Crippen LogP contribution >= 0.6 is 0 Å². The van der Waals surface area contributed by atoms with Gasteiger partial charge in [0.1, 0.15) is 0 Å². The molecule has 0 saturated heterocycles. The smallest absolute Gasteiger partial charge is 0.264 e. The van der Waals surface area contributed by atoms with Crippen molar-refractivity contribution in [1.82, 2.24) is 0 Å². The van der Waals surface area contributed by atoms with Crippen LogP contribution in [-0.2, 0) is 10.1 Å². The molecule has 0 aliphatic rings. The van der Waals surface area contributed by atoms with E-state index >= 15 is 0 Å². The predicted molar refractivity (Wildman–Crippen MR) is 30.3 cm³/mol. The molecule has 0 fully saturated rings. The molecule has 0 aromatic carbocycles. The van der Waals surface area contributed by atoms with Gasteiger partial charge in [0.25, 0.3) is 10.1 Å². The zero-order valence-corrected chi connectivity index (χ0v) is 8.73. The minimum absolute atomic E-state index is 0. The Morgan fingerprint density at radius 2 is 1.62 bits per heavy atom. The molecule has 1 N–H and O–H groups in total. The number of rotatable bonds is 1. The second-order valence-corrected chi connectivity index (χ2v) is 2.61. The molecule has 0 bridgehead atoms. The first kappa shape index (κ1) is 16.2. The zero-order valence-electron chi connectivity index (χ0n) is 4.79. The topological polar surface area (TPSA) is 54.4 Å². The van der Waals surface area contributed by atoms with E-state index < -0.39 is 10.1 Å². The number of hydrogen-bond acceptors (Lipinski definition) is 2. The fraction of sp³-hybridized carbons (Fsp3) is 1.00. The van der Waals surface area contributed by atoms with Crippen LogP contribution in [0.4, 0.5) is 4.70 Å². The van der Waals surface area contributed by atoms with Crippen molar-refractivity contribution in [3.63, 3.8) is 0 Å². The van der Waals surface area contributed by atoms with Gasteiger partial charge in [-0.1, -0.05) is 0 Å². The quantitative estimate of drug-likeness (QED) is 0.432. The first-order valence-electron chi connectivity index (χ1n) is 1.51. The predicted octanol–water partition coefficient (Wildman–Crippen LogP) is -0.334. The molecule has 0 saturated carbocycles. The summed E-state index contributed by atoms with van der Waals surface area (Å²) in [6, 6.07) is 0. The van der Waals surface area contributed by atoms with E-state index in [9.17, 15) is 8.42 Å². The summed E-state index contributed by atoms with van der Waals surface area (Å²) in [5.74, 6) is -0.201. The fourth-order valence-electron chi connectivity index (χ4n) is 0. The van der Waals surface area contributed by atoms with Gasteiger partial charge >= 0.3 is 0 Å². The van der Waals surface area contributed by atoms with Gasteiger partial charge in [-0.2, -0.15) is 8.42 Å². The Labute approximate surface area is 90.4 Å². The van der Waals surface area contributed by atoms with Gasteiger partial charge in [-0.05, 0) is 6.92 Å². The molecule has 0 aromatic rings. The molecule has 0 unspecified atom stereocenters. The van der Waals surface area contributed by atoms with Crippen molar-refractivity contribution in [2.45, 2.75) is 6.92 Å². The molecule has 0 rings (SSSR count). The number of halogens is 1.